The predicted molar refractivity (Wildman–Crippen MR) is 48.5 cm³/mol. The fourth-order valence-corrected chi connectivity index (χ4v) is 2.44. The molecular formula is C11H18. The second kappa shape index (κ2) is 3.00. The summed E-state index contributed by atoms with van der Waals surface area (Å²) in [6, 6.07) is 0. The van der Waals surface area contributed by atoms with Crippen LogP contribution in [0.5, 0.6) is 0 Å². The van der Waals surface area contributed by atoms with Crippen molar-refractivity contribution in [3.63, 3.8) is 0 Å². The molecule has 0 N–H and O–H groups in total. The third-order valence-corrected chi connectivity index (χ3v) is 3.13. The molecule has 0 amide bonds. The van der Waals surface area contributed by atoms with Crippen LogP contribution in [0.4, 0.5) is 0 Å². The molecule has 1 saturated carbocycles. The van der Waals surface area contributed by atoms with E-state index in [9.17, 15) is 0 Å². The van der Waals surface area contributed by atoms with Crippen LogP contribution in [0.3, 0.4) is 0 Å². The average molecular weight is 150 g/mol. The third kappa shape index (κ3) is 1.50. The van der Waals surface area contributed by atoms with Crippen LogP contribution in [0.25, 0.3) is 0 Å². The van der Waals surface area contributed by atoms with Crippen molar-refractivity contribution in [3.8, 4) is 0 Å². The summed E-state index contributed by atoms with van der Waals surface area (Å²) in [6.45, 7) is 2.29. The van der Waals surface area contributed by atoms with Gasteiger partial charge in [0.15, 0.2) is 0 Å². The van der Waals surface area contributed by atoms with Gasteiger partial charge in [-0.05, 0) is 31.6 Å². The van der Waals surface area contributed by atoms with Gasteiger partial charge in [0.05, 0.1) is 0 Å². The topological polar surface area (TPSA) is 0 Å². The van der Waals surface area contributed by atoms with Gasteiger partial charge in [-0.2, -0.15) is 0 Å². The first-order chi connectivity index (χ1) is 5.42. The minimum atomic E-state index is 1.04. The molecule has 11 heavy (non-hydrogen) atoms. The van der Waals surface area contributed by atoms with Crippen molar-refractivity contribution in [3.05, 3.63) is 11.1 Å². The minimum Gasteiger partial charge on any atom is -0.0663 e. The van der Waals surface area contributed by atoms with Gasteiger partial charge in [0.1, 0.15) is 0 Å². The normalized spacial score (nSPS) is 24.8. The molecule has 62 valence electrons. The summed E-state index contributed by atoms with van der Waals surface area (Å²) in [7, 11) is 0. The molecule has 0 spiro atoms. The number of rotatable bonds is 3. The molecule has 0 atom stereocenters. The average Bonchev–Trinajstić information content (AvgIpc) is 2.61. The van der Waals surface area contributed by atoms with Gasteiger partial charge >= 0.3 is 0 Å². The Morgan fingerprint density at radius 1 is 1.27 bits per heavy atom. The number of allylic oxidation sites excluding steroid dienone is 2. The van der Waals surface area contributed by atoms with Crippen molar-refractivity contribution in [2.24, 2.45) is 5.92 Å². The van der Waals surface area contributed by atoms with Crippen LogP contribution < -0.4 is 0 Å². The molecule has 0 saturated heterocycles. The summed E-state index contributed by atoms with van der Waals surface area (Å²) < 4.78 is 0. The van der Waals surface area contributed by atoms with E-state index in [4.69, 9.17) is 0 Å². The van der Waals surface area contributed by atoms with Gasteiger partial charge in [0.2, 0.25) is 0 Å². The van der Waals surface area contributed by atoms with Crippen LogP contribution in [-0.4, -0.2) is 0 Å². The Balaban J connectivity index is 1.87. The maximum Gasteiger partial charge on any atom is -0.01000 e. The maximum absolute atomic E-state index is 2.29. The lowest BCUT2D eigenvalue weighted by Crippen LogP contribution is -1.87. The Hall–Kier alpha value is -0.260. The van der Waals surface area contributed by atoms with Gasteiger partial charge in [0.25, 0.3) is 0 Å². The molecule has 0 aliphatic heterocycles. The highest BCUT2D eigenvalue weighted by Gasteiger charge is 2.29. The van der Waals surface area contributed by atoms with E-state index in [1.807, 2.05) is 11.1 Å². The molecule has 1 fully saturated rings. The fourth-order valence-electron chi connectivity index (χ4n) is 2.44. The summed E-state index contributed by atoms with van der Waals surface area (Å²) in [5.74, 6) is 1.04. The summed E-state index contributed by atoms with van der Waals surface area (Å²) in [4.78, 5) is 0. The molecular weight excluding hydrogens is 132 g/mol. The molecule has 0 aromatic rings. The molecule has 0 nitrogen and oxygen atoms in total. The van der Waals surface area contributed by atoms with Crippen LogP contribution >= 0.6 is 0 Å². The van der Waals surface area contributed by atoms with Crippen LogP contribution in [0, 0.1) is 5.92 Å². The van der Waals surface area contributed by atoms with Gasteiger partial charge in [0, 0.05) is 0 Å². The van der Waals surface area contributed by atoms with E-state index in [0.717, 1.165) is 5.92 Å². The van der Waals surface area contributed by atoms with E-state index >= 15 is 0 Å². The van der Waals surface area contributed by atoms with Crippen LogP contribution in [0.1, 0.15) is 51.9 Å². The highest BCUT2D eigenvalue weighted by molar-refractivity contribution is 5.37. The molecule has 0 radical (unpaired) electrons. The van der Waals surface area contributed by atoms with E-state index < -0.39 is 0 Å². The lowest BCUT2D eigenvalue weighted by molar-refractivity contribution is 0.659. The lowest BCUT2D eigenvalue weighted by atomic mass is 10.1. The standard InChI is InChI=1S/C11H18/c1-2-5-10-8-11(10)9-6-3-4-7-9/h9H,2-8H2,1H3. The van der Waals surface area contributed by atoms with Crippen molar-refractivity contribution < 1.29 is 0 Å². The molecule has 2 aliphatic carbocycles. The van der Waals surface area contributed by atoms with Crippen molar-refractivity contribution in [1.29, 1.82) is 0 Å². The molecule has 2 aliphatic rings. The second-order valence-electron chi connectivity index (χ2n) is 4.04. The SMILES string of the molecule is CCCC1=C(C2CCCC2)C1. The van der Waals surface area contributed by atoms with Gasteiger partial charge in [-0.15, -0.1) is 0 Å². The zero-order chi connectivity index (χ0) is 7.68. The van der Waals surface area contributed by atoms with Crippen molar-refractivity contribution in [2.45, 2.75) is 51.9 Å². The summed E-state index contributed by atoms with van der Waals surface area (Å²) in [5.41, 5.74) is 3.68. The first kappa shape index (κ1) is 7.39. The number of hydrogen-bond acceptors (Lipinski definition) is 0. The Morgan fingerprint density at radius 2 is 2.00 bits per heavy atom. The van der Waals surface area contributed by atoms with Crippen molar-refractivity contribution in [2.75, 3.05) is 0 Å². The molecule has 0 unspecified atom stereocenters. The van der Waals surface area contributed by atoms with Gasteiger partial charge < -0.3 is 0 Å². The summed E-state index contributed by atoms with van der Waals surface area (Å²) >= 11 is 0. The van der Waals surface area contributed by atoms with E-state index in [0.29, 0.717) is 0 Å². The van der Waals surface area contributed by atoms with E-state index in [-0.39, 0.29) is 0 Å². The lowest BCUT2D eigenvalue weighted by Gasteiger charge is -1.99. The Labute approximate surface area is 69.7 Å². The smallest absolute Gasteiger partial charge is 0.01000 e. The second-order valence-corrected chi connectivity index (χ2v) is 4.04. The Morgan fingerprint density at radius 3 is 2.64 bits per heavy atom. The highest BCUT2D eigenvalue weighted by Crippen LogP contribution is 2.46. The molecule has 0 heterocycles. The quantitative estimate of drug-likeness (QED) is 0.538. The zero-order valence-electron chi connectivity index (χ0n) is 7.53. The minimum absolute atomic E-state index is 1.04. The first-order valence-electron chi connectivity index (χ1n) is 5.12. The van der Waals surface area contributed by atoms with Gasteiger partial charge in [-0.1, -0.05) is 37.3 Å². The van der Waals surface area contributed by atoms with Crippen LogP contribution in [-0.2, 0) is 0 Å². The molecule has 0 aromatic carbocycles. The fraction of sp³-hybridized carbons (Fsp3) is 0.818. The zero-order valence-corrected chi connectivity index (χ0v) is 7.53. The molecule has 0 bridgehead atoms. The van der Waals surface area contributed by atoms with Gasteiger partial charge in [-0.25, -0.2) is 0 Å². The highest BCUT2D eigenvalue weighted by atomic mass is 14.3. The summed E-state index contributed by atoms with van der Waals surface area (Å²) in [6.07, 6.45) is 10.2. The molecule has 2 rings (SSSR count). The van der Waals surface area contributed by atoms with Crippen LogP contribution in [0.15, 0.2) is 11.1 Å². The predicted octanol–water partition coefficient (Wildman–Crippen LogP) is 3.68. The third-order valence-electron chi connectivity index (χ3n) is 3.13. The van der Waals surface area contributed by atoms with Gasteiger partial charge in [-0.3, -0.25) is 0 Å². The molecule has 0 aromatic heterocycles. The Kier molecular flexibility index (Phi) is 2.02. The van der Waals surface area contributed by atoms with E-state index in [1.165, 1.54) is 44.9 Å². The number of hydrogen-bond donors (Lipinski definition) is 0. The van der Waals surface area contributed by atoms with Crippen LogP contribution in [0.2, 0.25) is 0 Å². The van der Waals surface area contributed by atoms with E-state index in [2.05, 4.69) is 6.92 Å². The summed E-state index contributed by atoms with van der Waals surface area (Å²) in [5, 5.41) is 0. The maximum atomic E-state index is 2.29. The first-order valence-corrected chi connectivity index (χ1v) is 5.12. The largest absolute Gasteiger partial charge is 0.0663 e. The van der Waals surface area contributed by atoms with Crippen molar-refractivity contribution >= 4 is 0 Å². The van der Waals surface area contributed by atoms with Crippen molar-refractivity contribution in [1.82, 2.24) is 0 Å². The molecule has 0 heteroatoms. The van der Waals surface area contributed by atoms with E-state index in [1.54, 1.807) is 0 Å². The monoisotopic (exact) mass is 150 g/mol. The Bertz CT molecular complexity index is 170.